The lowest BCUT2D eigenvalue weighted by Crippen LogP contribution is -2.50. The molecule has 1 aliphatic heterocycles. The molecule has 320 valence electrons. The molecule has 1 atom stereocenters. The number of sulfonamides is 2. The lowest BCUT2D eigenvalue weighted by Gasteiger charge is -2.34. The summed E-state index contributed by atoms with van der Waals surface area (Å²) in [5, 5.41) is 13.1. The zero-order chi connectivity index (χ0) is 43.2. The summed E-state index contributed by atoms with van der Waals surface area (Å²) < 4.78 is 86.3. The summed E-state index contributed by atoms with van der Waals surface area (Å²) in [6.45, 7) is 5.58. The van der Waals surface area contributed by atoms with Crippen molar-refractivity contribution in [2.75, 3.05) is 34.4 Å². The second-order valence-electron chi connectivity index (χ2n) is 15.1. The van der Waals surface area contributed by atoms with Gasteiger partial charge >= 0.3 is 6.09 Å². The van der Waals surface area contributed by atoms with E-state index in [0.29, 0.717) is 51.3 Å². The van der Waals surface area contributed by atoms with Crippen LogP contribution >= 0.6 is 22.6 Å². The zero-order valence-electron chi connectivity index (χ0n) is 34.2. The maximum atomic E-state index is 15.5. The van der Waals surface area contributed by atoms with E-state index in [9.17, 15) is 13.2 Å². The Morgan fingerprint density at radius 2 is 1.35 bits per heavy atom. The average molecular weight is 974 g/mol. The average Bonchev–Trinajstić information content (AvgIpc) is 3.68. The van der Waals surface area contributed by atoms with Gasteiger partial charge < -0.3 is 23.8 Å². The molecule has 60 heavy (non-hydrogen) atoms. The molecular weight excluding hydrogens is 926 g/mol. The van der Waals surface area contributed by atoms with Gasteiger partial charge in [-0.05, 0) is 127 Å². The van der Waals surface area contributed by atoms with E-state index in [2.05, 4.69) is 20.1 Å². The third-order valence-electron chi connectivity index (χ3n) is 9.55. The van der Waals surface area contributed by atoms with Crippen LogP contribution in [0.1, 0.15) is 50.3 Å². The molecule has 0 unspecified atom stereocenters. The normalized spacial score (nSPS) is 14.9. The summed E-state index contributed by atoms with van der Waals surface area (Å²) in [4.78, 5) is 14.7. The molecule has 1 amide bonds. The van der Waals surface area contributed by atoms with Crippen LogP contribution in [0.4, 0.5) is 4.79 Å². The summed E-state index contributed by atoms with van der Waals surface area (Å²) in [5.74, 6) is 1.74. The van der Waals surface area contributed by atoms with Crippen molar-refractivity contribution in [1.82, 2.24) is 34.1 Å². The lowest BCUT2D eigenvalue weighted by atomic mass is 10.1. The number of amides is 1. The molecular formula is C41H48IN7O9S2. The van der Waals surface area contributed by atoms with Crippen LogP contribution in [0.25, 0.3) is 11.4 Å². The Balaban J connectivity index is 1.47. The topological polar surface area (TPSA) is 184 Å². The molecule has 19 heteroatoms. The van der Waals surface area contributed by atoms with E-state index < -0.39 is 47.6 Å². The Hall–Kier alpha value is -4.83. The van der Waals surface area contributed by atoms with Gasteiger partial charge in [-0.15, -0.1) is 10.2 Å². The Morgan fingerprint density at radius 3 is 1.87 bits per heavy atom. The fraction of sp³-hybridized carbons (Fsp3) is 0.366. The maximum absolute atomic E-state index is 15.5. The van der Waals surface area contributed by atoms with Crippen molar-refractivity contribution in [2.45, 2.75) is 74.7 Å². The Morgan fingerprint density at radius 1 is 0.817 bits per heavy atom. The first-order chi connectivity index (χ1) is 28.5. The number of ether oxygens (including phenoxy) is 4. The number of carbonyl (C=O) groups is 1. The molecule has 16 nitrogen and oxygen atoms in total. The molecule has 6 rings (SSSR count). The molecule has 1 N–H and O–H groups in total. The Labute approximate surface area is 364 Å². The number of nitrogens with zero attached hydrogens (tertiary/aromatic N) is 6. The predicted octanol–water partition coefficient (Wildman–Crippen LogP) is 6.09. The van der Waals surface area contributed by atoms with Crippen LogP contribution in [0.2, 0.25) is 0 Å². The molecule has 0 radical (unpaired) electrons. The first-order valence-electron chi connectivity index (χ1n) is 19.0. The third kappa shape index (κ3) is 10.9. The van der Waals surface area contributed by atoms with Gasteiger partial charge in [-0.2, -0.15) is 9.10 Å². The second kappa shape index (κ2) is 18.8. The number of likely N-dealkylation sites (tertiary alicyclic amines) is 1. The smallest absolute Gasteiger partial charge is 0.410 e. The molecule has 0 saturated carbocycles. The van der Waals surface area contributed by atoms with Crippen molar-refractivity contribution in [1.29, 1.82) is 0 Å². The van der Waals surface area contributed by atoms with Gasteiger partial charge in [0, 0.05) is 35.8 Å². The van der Waals surface area contributed by atoms with Gasteiger partial charge in [0.15, 0.2) is 0 Å². The van der Waals surface area contributed by atoms with E-state index in [0.717, 1.165) is 5.56 Å². The summed E-state index contributed by atoms with van der Waals surface area (Å²) in [7, 11) is -4.73. The number of tetrazole rings is 1. The number of methoxy groups -OCH3 is 3. The highest BCUT2D eigenvalue weighted by atomic mass is 127. The number of carbonyl (C=O) groups excluding carboxylic acids is 1. The summed E-state index contributed by atoms with van der Waals surface area (Å²) in [5.41, 5.74) is 1.28. The zero-order valence-corrected chi connectivity index (χ0v) is 38.0. The number of piperidine rings is 1. The highest BCUT2D eigenvalue weighted by molar-refractivity contribution is 14.1. The monoisotopic (exact) mass is 973 g/mol. The van der Waals surface area contributed by atoms with Crippen LogP contribution in [0.15, 0.2) is 94.7 Å². The number of hydrogen-bond acceptors (Lipinski definition) is 12. The molecule has 1 fully saturated rings. The second-order valence-corrected chi connectivity index (χ2v) is 19.8. The molecule has 0 bridgehead atoms. The van der Waals surface area contributed by atoms with Crippen LogP contribution in [-0.2, 0) is 44.4 Å². The molecule has 2 heterocycles. The molecule has 1 saturated heterocycles. The summed E-state index contributed by atoms with van der Waals surface area (Å²) in [6.07, 6.45) is 0.330. The van der Waals surface area contributed by atoms with Gasteiger partial charge in [0.1, 0.15) is 32.6 Å². The first kappa shape index (κ1) is 44.7. The SMILES string of the molecule is COc1ccc(CN(Cc2ccc(OC)cc2)S(=O)(=O)c2c(S(=O)(=O)N[C@@H]3CCCN(C(=O)OC(C)(C)C)C3)ccc(I)c2-c2nnn(Cc3ccc(OC)cc3)n2)cc1. The van der Waals surface area contributed by atoms with Crippen molar-refractivity contribution < 1.29 is 40.6 Å². The van der Waals surface area contributed by atoms with Gasteiger partial charge in [0.25, 0.3) is 0 Å². The van der Waals surface area contributed by atoms with Crippen LogP contribution in [0.3, 0.4) is 0 Å². The molecule has 0 spiro atoms. The van der Waals surface area contributed by atoms with Gasteiger partial charge in [0.05, 0.1) is 33.4 Å². The fourth-order valence-electron chi connectivity index (χ4n) is 6.59. The van der Waals surface area contributed by atoms with Crippen molar-refractivity contribution in [2.24, 2.45) is 0 Å². The van der Waals surface area contributed by atoms with Crippen LogP contribution < -0.4 is 18.9 Å². The minimum Gasteiger partial charge on any atom is -0.497 e. The Bertz CT molecular complexity index is 2450. The summed E-state index contributed by atoms with van der Waals surface area (Å²) in [6, 6.07) is 23.2. The number of rotatable bonds is 15. The third-order valence-corrected chi connectivity index (χ3v) is 14.0. The van der Waals surface area contributed by atoms with Crippen molar-refractivity contribution >= 4 is 48.7 Å². The van der Waals surface area contributed by atoms with Crippen LogP contribution in [0, 0.1) is 3.57 Å². The van der Waals surface area contributed by atoms with E-state index in [4.69, 9.17) is 18.9 Å². The van der Waals surface area contributed by atoms with E-state index in [1.807, 2.05) is 34.7 Å². The maximum Gasteiger partial charge on any atom is 0.410 e. The van der Waals surface area contributed by atoms with Crippen molar-refractivity contribution in [3.05, 3.63) is 105 Å². The predicted molar refractivity (Wildman–Crippen MR) is 232 cm³/mol. The molecule has 4 aromatic carbocycles. The Kier molecular flexibility index (Phi) is 14.0. The number of aromatic nitrogens is 4. The largest absolute Gasteiger partial charge is 0.497 e. The fourth-order valence-corrected chi connectivity index (χ4v) is 11.1. The number of halogens is 1. The van der Waals surface area contributed by atoms with E-state index in [1.165, 1.54) is 40.4 Å². The van der Waals surface area contributed by atoms with Gasteiger partial charge in [-0.3, -0.25) is 0 Å². The van der Waals surface area contributed by atoms with Crippen molar-refractivity contribution in [3.63, 3.8) is 0 Å². The van der Waals surface area contributed by atoms with Crippen LogP contribution in [-0.4, -0.2) is 98.4 Å². The number of nitrogens with one attached hydrogen (secondary N) is 1. The quantitative estimate of drug-likeness (QED) is 0.119. The molecule has 5 aromatic rings. The standard InChI is InChI=1S/C41H48IN7O9S2/c1-41(2,3)58-40(50)47-23-7-8-31(27-47)45-59(51,52)36-22-21-35(42)37(39-43-46-49(44-39)26-30-13-19-34(57-6)20-14-30)38(36)60(53,54)48(24-28-9-15-32(55-4)16-10-28)25-29-11-17-33(56-5)18-12-29/h9-22,31,45H,7-8,23-27H2,1-6H3/t31-/m1/s1. The van der Waals surface area contributed by atoms with E-state index in [-0.39, 0.29) is 37.6 Å². The summed E-state index contributed by atoms with van der Waals surface area (Å²) >= 11 is 1.96. The lowest BCUT2D eigenvalue weighted by molar-refractivity contribution is 0.0195. The minimum atomic E-state index is -4.76. The molecule has 1 aliphatic rings. The number of benzene rings is 4. The van der Waals surface area contributed by atoms with Gasteiger partial charge in [0.2, 0.25) is 25.9 Å². The molecule has 1 aromatic heterocycles. The molecule has 0 aliphatic carbocycles. The number of hydrogen-bond donors (Lipinski definition) is 1. The van der Waals surface area contributed by atoms with E-state index >= 15 is 8.42 Å². The van der Waals surface area contributed by atoms with Gasteiger partial charge in [-0.1, -0.05) is 36.4 Å². The van der Waals surface area contributed by atoms with Crippen molar-refractivity contribution in [3.8, 4) is 28.6 Å². The van der Waals surface area contributed by atoms with Crippen LogP contribution in [0.5, 0.6) is 17.2 Å². The highest BCUT2D eigenvalue weighted by Crippen LogP contribution is 2.38. The minimum absolute atomic E-state index is 0.0236. The highest BCUT2D eigenvalue weighted by Gasteiger charge is 2.39. The van der Waals surface area contributed by atoms with Gasteiger partial charge in [-0.25, -0.2) is 26.4 Å². The van der Waals surface area contributed by atoms with E-state index in [1.54, 1.807) is 88.5 Å². The first-order valence-corrected chi connectivity index (χ1v) is 23.0.